The van der Waals surface area contributed by atoms with Crippen molar-refractivity contribution in [3.63, 3.8) is 0 Å². The van der Waals surface area contributed by atoms with Crippen LogP contribution in [-0.4, -0.2) is 27.9 Å². The lowest BCUT2D eigenvalue weighted by molar-refractivity contribution is 0.531. The number of thiocarbonyl (C=S) groups is 1. The van der Waals surface area contributed by atoms with Crippen LogP contribution in [-0.2, 0) is 6.54 Å². The summed E-state index contributed by atoms with van der Waals surface area (Å²) in [6.07, 6.45) is 7.98. The molecule has 5 nitrogen and oxygen atoms in total. The van der Waals surface area contributed by atoms with Crippen molar-refractivity contribution in [3.05, 3.63) is 22.6 Å². The van der Waals surface area contributed by atoms with Crippen molar-refractivity contribution in [1.29, 1.82) is 0 Å². The zero-order valence-electron chi connectivity index (χ0n) is 11.8. The molecule has 0 atom stereocenters. The van der Waals surface area contributed by atoms with E-state index < -0.39 is 0 Å². The van der Waals surface area contributed by atoms with Gasteiger partial charge in [-0.1, -0.05) is 12.2 Å². The Morgan fingerprint density at radius 3 is 2.70 bits per heavy atom. The van der Waals surface area contributed by atoms with Gasteiger partial charge in [-0.25, -0.2) is 4.68 Å². The fourth-order valence-electron chi connectivity index (χ4n) is 2.48. The number of hydrogen-bond acceptors (Lipinski definition) is 4. The average molecular weight is 294 g/mol. The first-order valence-electron chi connectivity index (χ1n) is 7.27. The van der Waals surface area contributed by atoms with Crippen LogP contribution in [0.1, 0.15) is 38.5 Å². The fourth-order valence-corrected chi connectivity index (χ4v) is 2.62. The lowest BCUT2D eigenvalue weighted by Crippen LogP contribution is -2.32. The predicted octanol–water partition coefficient (Wildman–Crippen LogP) is 1.69. The van der Waals surface area contributed by atoms with E-state index in [-0.39, 0.29) is 5.56 Å². The quantitative estimate of drug-likeness (QED) is 0.639. The highest BCUT2D eigenvalue weighted by atomic mass is 32.1. The van der Waals surface area contributed by atoms with Gasteiger partial charge in [0.1, 0.15) is 0 Å². The molecule has 0 bridgehead atoms. The van der Waals surface area contributed by atoms with Gasteiger partial charge in [0.25, 0.3) is 5.56 Å². The number of anilines is 1. The topological polar surface area (TPSA) is 64.2 Å². The molecule has 0 aromatic carbocycles. The van der Waals surface area contributed by atoms with Crippen molar-refractivity contribution >= 4 is 22.9 Å². The van der Waals surface area contributed by atoms with Gasteiger partial charge in [0.15, 0.2) is 0 Å². The molecular weight excluding hydrogens is 272 g/mol. The fraction of sp³-hybridized carbons (Fsp3) is 0.643. The molecule has 0 saturated carbocycles. The summed E-state index contributed by atoms with van der Waals surface area (Å²) in [4.78, 5) is 14.8. The van der Waals surface area contributed by atoms with Gasteiger partial charge in [0.05, 0.1) is 16.9 Å². The molecule has 2 rings (SSSR count). The molecule has 1 aromatic rings. The Kier molecular flexibility index (Phi) is 5.52. The third-order valence-corrected chi connectivity index (χ3v) is 3.82. The van der Waals surface area contributed by atoms with E-state index in [1.807, 2.05) is 0 Å². The molecule has 1 fully saturated rings. The van der Waals surface area contributed by atoms with Crippen LogP contribution in [0.5, 0.6) is 0 Å². The second-order valence-corrected chi connectivity index (χ2v) is 5.77. The summed E-state index contributed by atoms with van der Waals surface area (Å²) in [5.41, 5.74) is 6.37. The molecule has 1 saturated heterocycles. The third-order valence-electron chi connectivity index (χ3n) is 3.62. The lowest BCUT2D eigenvalue weighted by Gasteiger charge is -2.28. The van der Waals surface area contributed by atoms with Gasteiger partial charge in [-0.2, -0.15) is 5.10 Å². The van der Waals surface area contributed by atoms with Crippen LogP contribution in [0, 0.1) is 0 Å². The van der Waals surface area contributed by atoms with Gasteiger partial charge < -0.3 is 10.6 Å². The molecule has 110 valence electrons. The number of aryl methyl sites for hydroxylation is 1. The van der Waals surface area contributed by atoms with Gasteiger partial charge in [-0.15, -0.1) is 0 Å². The molecule has 0 unspecified atom stereocenters. The van der Waals surface area contributed by atoms with Crippen LogP contribution in [0.25, 0.3) is 0 Å². The second kappa shape index (κ2) is 7.38. The highest BCUT2D eigenvalue weighted by Gasteiger charge is 2.12. The minimum atomic E-state index is -0.0246. The second-order valence-electron chi connectivity index (χ2n) is 5.25. The Balaban J connectivity index is 1.91. The number of nitrogens with zero attached hydrogens (tertiary/aromatic N) is 3. The summed E-state index contributed by atoms with van der Waals surface area (Å²) in [6.45, 7) is 2.68. The van der Waals surface area contributed by atoms with E-state index in [1.54, 1.807) is 12.3 Å². The zero-order chi connectivity index (χ0) is 14.4. The van der Waals surface area contributed by atoms with Gasteiger partial charge in [0, 0.05) is 25.7 Å². The van der Waals surface area contributed by atoms with Crippen molar-refractivity contribution in [2.75, 3.05) is 18.0 Å². The van der Waals surface area contributed by atoms with E-state index in [9.17, 15) is 4.79 Å². The SMILES string of the molecule is NC(=S)CCCCn1ncc(N2CCCCC2)cc1=O. The first kappa shape index (κ1) is 15.0. The zero-order valence-corrected chi connectivity index (χ0v) is 12.6. The first-order valence-corrected chi connectivity index (χ1v) is 7.68. The Morgan fingerprint density at radius 1 is 1.30 bits per heavy atom. The summed E-state index contributed by atoms with van der Waals surface area (Å²) in [6, 6.07) is 1.70. The van der Waals surface area contributed by atoms with Crippen LogP contribution >= 0.6 is 12.2 Å². The number of nitrogens with two attached hydrogens (primary N) is 1. The van der Waals surface area contributed by atoms with Crippen molar-refractivity contribution in [1.82, 2.24) is 9.78 Å². The predicted molar refractivity (Wildman–Crippen MR) is 85.2 cm³/mol. The van der Waals surface area contributed by atoms with Crippen LogP contribution < -0.4 is 16.2 Å². The molecule has 20 heavy (non-hydrogen) atoms. The number of hydrogen-bond donors (Lipinski definition) is 1. The number of aromatic nitrogens is 2. The van der Waals surface area contributed by atoms with Gasteiger partial charge in [-0.05, 0) is 38.5 Å². The molecule has 0 amide bonds. The molecule has 1 aliphatic rings. The first-order chi connectivity index (χ1) is 9.66. The van der Waals surface area contributed by atoms with E-state index in [1.165, 1.54) is 23.9 Å². The molecule has 0 aliphatic carbocycles. The van der Waals surface area contributed by atoms with Crippen molar-refractivity contribution in [2.45, 2.75) is 45.1 Å². The van der Waals surface area contributed by atoms with E-state index in [4.69, 9.17) is 18.0 Å². The van der Waals surface area contributed by atoms with Crippen LogP contribution in [0.15, 0.2) is 17.1 Å². The molecule has 1 aliphatic heterocycles. The lowest BCUT2D eigenvalue weighted by atomic mass is 10.1. The van der Waals surface area contributed by atoms with E-state index in [0.29, 0.717) is 11.5 Å². The van der Waals surface area contributed by atoms with Crippen molar-refractivity contribution < 1.29 is 0 Å². The molecule has 2 heterocycles. The largest absolute Gasteiger partial charge is 0.393 e. The van der Waals surface area contributed by atoms with Gasteiger partial charge in [-0.3, -0.25) is 4.79 Å². The number of unbranched alkanes of at least 4 members (excludes halogenated alkanes) is 1. The molecular formula is C14H22N4OS. The minimum absolute atomic E-state index is 0.0246. The van der Waals surface area contributed by atoms with E-state index in [2.05, 4.69) is 10.00 Å². The molecule has 6 heteroatoms. The highest BCUT2D eigenvalue weighted by molar-refractivity contribution is 7.80. The standard InChI is InChI=1S/C14H22N4OS/c15-13(20)6-2-5-9-18-14(19)10-12(11-16-18)17-7-3-1-4-8-17/h10-11H,1-9H2,(H2,15,20). The third kappa shape index (κ3) is 4.30. The number of rotatable bonds is 6. The molecule has 1 aromatic heterocycles. The maximum atomic E-state index is 12.0. The highest BCUT2D eigenvalue weighted by Crippen LogP contribution is 2.16. The van der Waals surface area contributed by atoms with Crippen molar-refractivity contribution in [2.24, 2.45) is 5.73 Å². The van der Waals surface area contributed by atoms with Crippen LogP contribution in [0.2, 0.25) is 0 Å². The van der Waals surface area contributed by atoms with Gasteiger partial charge in [0.2, 0.25) is 0 Å². The Bertz CT molecular complexity index is 508. The average Bonchev–Trinajstić information content (AvgIpc) is 2.45. The maximum absolute atomic E-state index is 12.0. The Labute approximate surface area is 124 Å². The smallest absolute Gasteiger partial charge is 0.268 e. The molecule has 0 spiro atoms. The summed E-state index contributed by atoms with van der Waals surface area (Å²) in [7, 11) is 0. The normalized spacial score (nSPS) is 15.3. The molecule has 2 N–H and O–H groups in total. The Hall–Kier alpha value is -1.43. The summed E-state index contributed by atoms with van der Waals surface area (Å²) < 4.78 is 1.52. The minimum Gasteiger partial charge on any atom is -0.393 e. The summed E-state index contributed by atoms with van der Waals surface area (Å²) in [5.74, 6) is 0. The maximum Gasteiger partial charge on any atom is 0.268 e. The van der Waals surface area contributed by atoms with Gasteiger partial charge >= 0.3 is 0 Å². The molecule has 0 radical (unpaired) electrons. The van der Waals surface area contributed by atoms with E-state index >= 15 is 0 Å². The van der Waals surface area contributed by atoms with E-state index in [0.717, 1.165) is 38.0 Å². The number of piperidine rings is 1. The summed E-state index contributed by atoms with van der Waals surface area (Å²) >= 11 is 4.83. The van der Waals surface area contributed by atoms with Crippen LogP contribution in [0.4, 0.5) is 5.69 Å². The monoisotopic (exact) mass is 294 g/mol. The van der Waals surface area contributed by atoms with Crippen LogP contribution in [0.3, 0.4) is 0 Å². The summed E-state index contributed by atoms with van der Waals surface area (Å²) in [5, 5.41) is 4.27. The van der Waals surface area contributed by atoms with Crippen molar-refractivity contribution in [3.8, 4) is 0 Å². The Morgan fingerprint density at radius 2 is 2.05 bits per heavy atom.